The van der Waals surface area contributed by atoms with E-state index in [1.807, 2.05) is 0 Å². The molecular weight excluding hydrogens is 286 g/mol. The quantitative estimate of drug-likeness (QED) is 0.754. The van der Waals surface area contributed by atoms with Crippen molar-refractivity contribution in [1.29, 1.82) is 0 Å². The molecule has 0 unspecified atom stereocenters. The smallest absolute Gasteiger partial charge is 0.195 e. The lowest BCUT2D eigenvalue weighted by molar-refractivity contribution is 0.0818. The second-order valence-electron chi connectivity index (χ2n) is 3.74. The molecule has 0 aliphatic carbocycles. The van der Waals surface area contributed by atoms with E-state index in [9.17, 15) is 0 Å². The summed E-state index contributed by atoms with van der Waals surface area (Å²) in [5, 5.41) is 7.46. The Morgan fingerprint density at radius 1 is 1.06 bits per heavy atom. The van der Waals surface area contributed by atoms with Crippen LogP contribution < -0.4 is 4.74 Å². The maximum atomic E-state index is 5.88. The zero-order valence-corrected chi connectivity index (χ0v) is 11.8. The lowest BCUT2D eigenvalue weighted by atomic mass is 10.2. The average Bonchev–Trinajstić information content (AvgIpc) is 2.27. The molecule has 0 N–H and O–H groups in total. The van der Waals surface area contributed by atoms with E-state index >= 15 is 0 Å². The molecule has 0 aliphatic heterocycles. The molecule has 0 aliphatic rings. The number of halogens is 3. The standard InChI is InChI=1S/C10H13Cl3N2O2/c1-6(2)5-16-3-4-17-8-7(11)9(12)14-15-10(8)13/h6H,3-5H2,1-2H3. The molecule has 0 radical (unpaired) electrons. The van der Waals surface area contributed by atoms with Crippen LogP contribution in [-0.2, 0) is 4.74 Å². The zero-order valence-electron chi connectivity index (χ0n) is 9.54. The van der Waals surface area contributed by atoms with Crippen LogP contribution in [0, 0.1) is 5.92 Å². The van der Waals surface area contributed by atoms with Gasteiger partial charge in [0.05, 0.1) is 6.61 Å². The summed E-state index contributed by atoms with van der Waals surface area (Å²) in [5.41, 5.74) is 0. The summed E-state index contributed by atoms with van der Waals surface area (Å²) in [4.78, 5) is 0. The highest BCUT2D eigenvalue weighted by molar-refractivity contribution is 6.43. The number of aromatic nitrogens is 2. The molecule has 1 aromatic heterocycles. The van der Waals surface area contributed by atoms with Gasteiger partial charge in [0.2, 0.25) is 0 Å². The van der Waals surface area contributed by atoms with Crippen molar-refractivity contribution in [2.45, 2.75) is 13.8 Å². The first-order valence-corrected chi connectivity index (χ1v) is 6.23. The minimum absolute atomic E-state index is 0.0640. The third kappa shape index (κ3) is 4.84. The fourth-order valence-corrected chi connectivity index (χ4v) is 1.55. The molecule has 1 rings (SSSR count). The first-order chi connectivity index (χ1) is 8.02. The highest BCUT2D eigenvalue weighted by Gasteiger charge is 2.13. The van der Waals surface area contributed by atoms with Gasteiger partial charge < -0.3 is 9.47 Å². The van der Waals surface area contributed by atoms with Gasteiger partial charge in [0.15, 0.2) is 16.1 Å². The largest absolute Gasteiger partial charge is 0.486 e. The molecule has 4 nitrogen and oxygen atoms in total. The molecule has 0 bridgehead atoms. The molecular formula is C10H13Cl3N2O2. The summed E-state index contributed by atoms with van der Waals surface area (Å²) in [5.74, 6) is 0.723. The van der Waals surface area contributed by atoms with Gasteiger partial charge in [0, 0.05) is 6.61 Å². The number of ether oxygens (including phenoxy) is 2. The van der Waals surface area contributed by atoms with E-state index in [2.05, 4.69) is 24.0 Å². The van der Waals surface area contributed by atoms with Crippen molar-refractivity contribution in [3.63, 3.8) is 0 Å². The van der Waals surface area contributed by atoms with Gasteiger partial charge in [0.25, 0.3) is 0 Å². The third-order valence-corrected chi connectivity index (χ3v) is 2.68. The second kappa shape index (κ2) is 7.21. The fourth-order valence-electron chi connectivity index (χ4n) is 1.01. The van der Waals surface area contributed by atoms with Gasteiger partial charge >= 0.3 is 0 Å². The minimum atomic E-state index is 0.0640. The molecule has 0 atom stereocenters. The number of hydrogen-bond acceptors (Lipinski definition) is 4. The van der Waals surface area contributed by atoms with E-state index in [-0.39, 0.29) is 21.1 Å². The van der Waals surface area contributed by atoms with Crippen LogP contribution in [0.5, 0.6) is 5.75 Å². The lowest BCUT2D eigenvalue weighted by Crippen LogP contribution is -2.11. The topological polar surface area (TPSA) is 44.2 Å². The predicted octanol–water partition coefficient (Wildman–Crippen LogP) is 3.49. The third-order valence-electron chi connectivity index (χ3n) is 1.72. The Balaban J connectivity index is 2.44. The Morgan fingerprint density at radius 2 is 1.71 bits per heavy atom. The van der Waals surface area contributed by atoms with Gasteiger partial charge in [0.1, 0.15) is 11.6 Å². The van der Waals surface area contributed by atoms with Crippen molar-refractivity contribution < 1.29 is 9.47 Å². The van der Waals surface area contributed by atoms with E-state index in [1.54, 1.807) is 0 Å². The molecule has 17 heavy (non-hydrogen) atoms. The van der Waals surface area contributed by atoms with Crippen molar-refractivity contribution in [1.82, 2.24) is 10.2 Å². The van der Waals surface area contributed by atoms with Crippen LogP contribution in [0.2, 0.25) is 15.3 Å². The summed E-state index contributed by atoms with van der Waals surface area (Å²) in [6.07, 6.45) is 0. The summed E-state index contributed by atoms with van der Waals surface area (Å²) in [7, 11) is 0. The Morgan fingerprint density at radius 3 is 2.35 bits per heavy atom. The maximum Gasteiger partial charge on any atom is 0.195 e. The Labute approximate surface area is 115 Å². The zero-order chi connectivity index (χ0) is 12.8. The van der Waals surface area contributed by atoms with Gasteiger partial charge in [-0.15, -0.1) is 10.2 Å². The van der Waals surface area contributed by atoms with Crippen LogP contribution in [0.1, 0.15) is 13.8 Å². The maximum absolute atomic E-state index is 5.88. The fraction of sp³-hybridized carbons (Fsp3) is 0.600. The first kappa shape index (κ1) is 14.8. The van der Waals surface area contributed by atoms with E-state index in [4.69, 9.17) is 44.3 Å². The molecule has 0 aromatic carbocycles. The highest BCUT2D eigenvalue weighted by atomic mass is 35.5. The Kier molecular flexibility index (Phi) is 6.27. The first-order valence-electron chi connectivity index (χ1n) is 5.10. The van der Waals surface area contributed by atoms with E-state index in [0.29, 0.717) is 25.7 Å². The molecule has 0 saturated carbocycles. The molecule has 0 amide bonds. The number of nitrogens with zero attached hydrogens (tertiary/aromatic N) is 2. The van der Waals surface area contributed by atoms with Crippen LogP contribution in [0.4, 0.5) is 0 Å². The van der Waals surface area contributed by atoms with E-state index in [0.717, 1.165) is 0 Å². The number of hydrogen-bond donors (Lipinski definition) is 0. The number of rotatable bonds is 6. The van der Waals surface area contributed by atoms with Crippen molar-refractivity contribution in [2.24, 2.45) is 5.92 Å². The summed E-state index contributed by atoms with van der Waals surface area (Å²) in [6.45, 7) is 5.60. The lowest BCUT2D eigenvalue weighted by Gasteiger charge is -2.10. The van der Waals surface area contributed by atoms with Gasteiger partial charge in [-0.25, -0.2) is 0 Å². The van der Waals surface area contributed by atoms with Gasteiger partial charge in [-0.1, -0.05) is 48.7 Å². The minimum Gasteiger partial charge on any atom is -0.486 e. The predicted molar refractivity (Wildman–Crippen MR) is 68.2 cm³/mol. The molecule has 0 spiro atoms. The van der Waals surface area contributed by atoms with Gasteiger partial charge in [-0.05, 0) is 5.92 Å². The molecule has 0 fully saturated rings. The SMILES string of the molecule is CC(C)COCCOc1c(Cl)nnc(Cl)c1Cl. The van der Waals surface area contributed by atoms with E-state index < -0.39 is 0 Å². The Hall–Kier alpha value is -0.290. The van der Waals surface area contributed by atoms with Gasteiger partial charge in [-0.3, -0.25) is 0 Å². The monoisotopic (exact) mass is 298 g/mol. The van der Waals surface area contributed by atoms with Gasteiger partial charge in [-0.2, -0.15) is 0 Å². The molecule has 1 heterocycles. The Bertz CT molecular complexity index is 375. The molecule has 1 aromatic rings. The average molecular weight is 300 g/mol. The van der Waals surface area contributed by atoms with Crippen LogP contribution in [0.25, 0.3) is 0 Å². The normalized spacial score (nSPS) is 10.9. The van der Waals surface area contributed by atoms with Crippen LogP contribution in [-0.4, -0.2) is 30.0 Å². The van der Waals surface area contributed by atoms with E-state index in [1.165, 1.54) is 0 Å². The van der Waals surface area contributed by atoms with Crippen LogP contribution >= 0.6 is 34.8 Å². The molecule has 7 heteroatoms. The molecule has 0 saturated heterocycles. The highest BCUT2D eigenvalue weighted by Crippen LogP contribution is 2.34. The summed E-state index contributed by atoms with van der Waals surface area (Å²) >= 11 is 17.4. The second-order valence-corrected chi connectivity index (χ2v) is 4.84. The van der Waals surface area contributed by atoms with Crippen LogP contribution in [0.3, 0.4) is 0 Å². The van der Waals surface area contributed by atoms with Crippen molar-refractivity contribution in [3.05, 3.63) is 15.3 Å². The molecule has 96 valence electrons. The summed E-state index contributed by atoms with van der Waals surface area (Å²) in [6, 6.07) is 0. The van der Waals surface area contributed by atoms with Crippen molar-refractivity contribution >= 4 is 34.8 Å². The van der Waals surface area contributed by atoms with Crippen molar-refractivity contribution in [2.75, 3.05) is 19.8 Å². The van der Waals surface area contributed by atoms with Crippen molar-refractivity contribution in [3.8, 4) is 5.75 Å². The summed E-state index contributed by atoms with van der Waals surface area (Å²) < 4.78 is 10.7. The van der Waals surface area contributed by atoms with Crippen LogP contribution in [0.15, 0.2) is 0 Å².